The van der Waals surface area contributed by atoms with Gasteiger partial charge in [-0.05, 0) is 0 Å². The van der Waals surface area contributed by atoms with E-state index in [2.05, 4.69) is 4.98 Å². The normalized spacial score (nSPS) is 31.7. The van der Waals surface area contributed by atoms with Crippen LogP contribution in [0.1, 0.15) is 6.23 Å². The molecule has 0 spiro atoms. The molecule has 4 atom stereocenters. The number of H-pyrrole nitrogens is 1. The first-order valence-electron chi connectivity index (χ1n) is 5.37. The largest absolute Gasteiger partial charge is 0.394 e. The summed E-state index contributed by atoms with van der Waals surface area (Å²) >= 11 is 0. The molecule has 0 bridgehead atoms. The molecule has 1 fully saturated rings. The fourth-order valence-electron chi connectivity index (χ4n) is 1.98. The number of hydrogen-bond acceptors (Lipinski definition) is 6. The maximum absolute atomic E-state index is 11.6. The van der Waals surface area contributed by atoms with Crippen LogP contribution in [0.5, 0.6) is 0 Å². The van der Waals surface area contributed by atoms with E-state index in [-0.39, 0.29) is 0 Å². The zero-order valence-corrected chi connectivity index (χ0v) is 9.65. The summed E-state index contributed by atoms with van der Waals surface area (Å²) in [4.78, 5) is 24.7. The van der Waals surface area contributed by atoms with Gasteiger partial charge < -0.3 is 19.7 Å². The first-order chi connectivity index (χ1) is 8.58. The molecule has 2 rings (SSSR count). The lowest BCUT2D eigenvalue weighted by Crippen LogP contribution is -2.38. The highest BCUT2D eigenvalue weighted by atomic mass is 16.6. The highest BCUT2D eigenvalue weighted by molar-refractivity contribution is 4.93. The van der Waals surface area contributed by atoms with Crippen molar-refractivity contribution in [1.82, 2.24) is 9.55 Å². The van der Waals surface area contributed by atoms with E-state index < -0.39 is 42.4 Å². The van der Waals surface area contributed by atoms with E-state index in [0.717, 1.165) is 10.6 Å². The molecule has 0 aromatic carbocycles. The molecule has 8 heteroatoms. The third-order valence-corrected chi connectivity index (χ3v) is 2.89. The van der Waals surface area contributed by atoms with E-state index in [1.54, 1.807) is 0 Å². The summed E-state index contributed by atoms with van der Waals surface area (Å²) in [7, 11) is 1.36. The summed E-state index contributed by atoms with van der Waals surface area (Å²) < 4.78 is 11.5. The van der Waals surface area contributed by atoms with Crippen molar-refractivity contribution in [1.29, 1.82) is 0 Å². The number of hydrogen-bond donors (Lipinski definition) is 3. The standard InChI is InChI=1S/C10H14N2O6/c1-17-8-7(15)5(4-13)18-9(8)12-3-2-6(14)11-10(12)16/h2-3,5,7-9,13,15H,4H2,1H3,(H,11,14,16)/t5-,7-,8?,9-/m1/s1. The maximum atomic E-state index is 11.6. The van der Waals surface area contributed by atoms with Crippen molar-refractivity contribution in [3.63, 3.8) is 0 Å². The Hall–Kier alpha value is -1.48. The molecule has 1 aromatic heterocycles. The molecule has 0 aliphatic carbocycles. The van der Waals surface area contributed by atoms with Crippen molar-refractivity contribution in [2.75, 3.05) is 13.7 Å². The number of methoxy groups -OCH3 is 1. The molecule has 100 valence electrons. The van der Waals surface area contributed by atoms with Crippen molar-refractivity contribution in [2.24, 2.45) is 0 Å². The molecule has 0 amide bonds. The summed E-state index contributed by atoms with van der Waals surface area (Å²) in [6, 6.07) is 1.16. The summed E-state index contributed by atoms with van der Waals surface area (Å²) in [5.41, 5.74) is -1.19. The number of nitrogens with one attached hydrogen (secondary N) is 1. The molecular formula is C10H14N2O6. The Kier molecular flexibility index (Phi) is 3.62. The minimum atomic E-state index is -1.05. The summed E-state index contributed by atoms with van der Waals surface area (Å²) in [5.74, 6) is 0. The second kappa shape index (κ2) is 5.02. The van der Waals surface area contributed by atoms with Crippen LogP contribution in [0.2, 0.25) is 0 Å². The number of aromatic nitrogens is 2. The quantitative estimate of drug-likeness (QED) is 0.567. The molecule has 1 aliphatic rings. The number of aromatic amines is 1. The Labute approximate surface area is 101 Å². The fourth-order valence-corrected chi connectivity index (χ4v) is 1.98. The molecular weight excluding hydrogens is 244 g/mol. The second-order valence-corrected chi connectivity index (χ2v) is 3.96. The van der Waals surface area contributed by atoms with E-state index in [1.807, 2.05) is 0 Å². The maximum Gasteiger partial charge on any atom is 0.330 e. The first-order valence-corrected chi connectivity index (χ1v) is 5.37. The Bertz CT molecular complexity index is 524. The third-order valence-electron chi connectivity index (χ3n) is 2.89. The summed E-state index contributed by atoms with van der Waals surface area (Å²) in [5, 5.41) is 18.9. The molecule has 1 saturated heterocycles. The van der Waals surface area contributed by atoms with E-state index in [9.17, 15) is 14.7 Å². The van der Waals surface area contributed by atoms with Crippen LogP contribution in [0.15, 0.2) is 21.9 Å². The fraction of sp³-hybridized carbons (Fsp3) is 0.600. The van der Waals surface area contributed by atoms with Crippen LogP contribution in [0.25, 0.3) is 0 Å². The van der Waals surface area contributed by atoms with Crippen LogP contribution in [-0.4, -0.2) is 51.8 Å². The Morgan fingerprint density at radius 3 is 2.83 bits per heavy atom. The van der Waals surface area contributed by atoms with Gasteiger partial charge in [0.15, 0.2) is 6.23 Å². The minimum Gasteiger partial charge on any atom is -0.394 e. The molecule has 2 heterocycles. The lowest BCUT2D eigenvalue weighted by atomic mass is 10.1. The highest BCUT2D eigenvalue weighted by Gasteiger charge is 2.45. The van der Waals surface area contributed by atoms with Crippen molar-refractivity contribution in [3.05, 3.63) is 33.1 Å². The zero-order chi connectivity index (χ0) is 13.3. The summed E-state index contributed by atoms with van der Waals surface area (Å²) in [6.45, 7) is -0.393. The van der Waals surface area contributed by atoms with Gasteiger partial charge in [0.25, 0.3) is 5.56 Å². The van der Waals surface area contributed by atoms with Gasteiger partial charge in [0, 0.05) is 19.4 Å². The average Bonchev–Trinajstić information content (AvgIpc) is 2.65. The van der Waals surface area contributed by atoms with Crippen molar-refractivity contribution >= 4 is 0 Å². The number of aliphatic hydroxyl groups excluding tert-OH is 2. The van der Waals surface area contributed by atoms with Gasteiger partial charge in [0.2, 0.25) is 0 Å². The van der Waals surface area contributed by atoms with E-state index >= 15 is 0 Å². The molecule has 0 saturated carbocycles. The van der Waals surface area contributed by atoms with E-state index in [4.69, 9.17) is 14.6 Å². The van der Waals surface area contributed by atoms with E-state index in [1.165, 1.54) is 13.3 Å². The van der Waals surface area contributed by atoms with Gasteiger partial charge in [0.05, 0.1) is 6.61 Å². The Morgan fingerprint density at radius 1 is 1.56 bits per heavy atom. The van der Waals surface area contributed by atoms with Crippen LogP contribution in [0, 0.1) is 0 Å². The zero-order valence-electron chi connectivity index (χ0n) is 9.65. The molecule has 1 aliphatic heterocycles. The van der Waals surface area contributed by atoms with Crippen LogP contribution in [-0.2, 0) is 9.47 Å². The summed E-state index contributed by atoms with van der Waals surface area (Å²) in [6.07, 6.45) is -2.33. The minimum absolute atomic E-state index is 0.393. The van der Waals surface area contributed by atoms with Crippen LogP contribution in [0.3, 0.4) is 0 Å². The van der Waals surface area contributed by atoms with Crippen molar-refractivity contribution in [3.8, 4) is 0 Å². The lowest BCUT2D eigenvalue weighted by molar-refractivity contribution is -0.0625. The Balaban J connectivity index is 2.38. The molecule has 3 N–H and O–H groups in total. The average molecular weight is 258 g/mol. The number of ether oxygens (including phenoxy) is 2. The van der Waals surface area contributed by atoms with Crippen LogP contribution >= 0.6 is 0 Å². The van der Waals surface area contributed by atoms with Crippen LogP contribution in [0.4, 0.5) is 0 Å². The highest BCUT2D eigenvalue weighted by Crippen LogP contribution is 2.29. The van der Waals surface area contributed by atoms with Gasteiger partial charge >= 0.3 is 5.69 Å². The third kappa shape index (κ3) is 2.10. The first kappa shape index (κ1) is 13.0. The van der Waals surface area contributed by atoms with Gasteiger partial charge in [-0.2, -0.15) is 0 Å². The second-order valence-electron chi connectivity index (χ2n) is 3.96. The number of rotatable bonds is 3. The van der Waals surface area contributed by atoms with Crippen molar-refractivity contribution in [2.45, 2.75) is 24.5 Å². The number of nitrogens with zero attached hydrogens (tertiary/aromatic N) is 1. The van der Waals surface area contributed by atoms with E-state index in [0.29, 0.717) is 0 Å². The molecule has 8 nitrogen and oxygen atoms in total. The Morgan fingerprint density at radius 2 is 2.28 bits per heavy atom. The lowest BCUT2D eigenvalue weighted by Gasteiger charge is -2.19. The smallest absolute Gasteiger partial charge is 0.330 e. The SMILES string of the molecule is COC1[C@H](n2ccc(=O)[nH]c2=O)O[C@H](CO)[C@H]1O. The monoisotopic (exact) mass is 258 g/mol. The van der Waals surface area contributed by atoms with Crippen LogP contribution < -0.4 is 11.2 Å². The molecule has 1 aromatic rings. The predicted octanol–water partition coefficient (Wildman–Crippen LogP) is -2.20. The van der Waals surface area contributed by atoms with Gasteiger partial charge in [0.1, 0.15) is 18.3 Å². The van der Waals surface area contributed by atoms with Gasteiger partial charge in [-0.25, -0.2) is 4.79 Å². The predicted molar refractivity (Wildman–Crippen MR) is 59.1 cm³/mol. The number of aliphatic hydroxyl groups is 2. The molecule has 18 heavy (non-hydrogen) atoms. The van der Waals surface area contributed by atoms with Gasteiger partial charge in [-0.1, -0.05) is 0 Å². The van der Waals surface area contributed by atoms with Gasteiger partial charge in [-0.15, -0.1) is 0 Å². The molecule has 0 radical (unpaired) electrons. The molecule has 1 unspecified atom stereocenters. The van der Waals surface area contributed by atoms with Gasteiger partial charge in [-0.3, -0.25) is 14.3 Å². The topological polar surface area (TPSA) is 114 Å². The van der Waals surface area contributed by atoms with Crippen molar-refractivity contribution < 1.29 is 19.7 Å².